The highest BCUT2D eigenvalue weighted by Gasteiger charge is 2.18. The molecule has 150 valence electrons. The van der Waals surface area contributed by atoms with E-state index >= 15 is 0 Å². The SMILES string of the molecule is CN(C)c1nc(N2CCOCC2)ncc1NC(=O)Nc1ccc2ccccc2c1. The van der Waals surface area contributed by atoms with Crippen molar-refractivity contribution in [2.24, 2.45) is 0 Å². The molecule has 1 aliphatic rings. The number of amides is 2. The first-order valence-electron chi connectivity index (χ1n) is 9.54. The molecule has 0 atom stereocenters. The minimum absolute atomic E-state index is 0.342. The molecule has 0 aliphatic carbocycles. The summed E-state index contributed by atoms with van der Waals surface area (Å²) in [6.07, 6.45) is 1.65. The van der Waals surface area contributed by atoms with Crippen LogP contribution in [0.4, 0.5) is 27.9 Å². The predicted octanol–water partition coefficient (Wildman–Crippen LogP) is 3.18. The summed E-state index contributed by atoms with van der Waals surface area (Å²) >= 11 is 0. The van der Waals surface area contributed by atoms with Crippen molar-refractivity contribution in [3.63, 3.8) is 0 Å². The molecule has 0 saturated carbocycles. The number of morpholine rings is 1. The normalized spacial score (nSPS) is 13.9. The molecule has 1 aromatic heterocycles. The van der Waals surface area contributed by atoms with Gasteiger partial charge < -0.3 is 25.2 Å². The van der Waals surface area contributed by atoms with Gasteiger partial charge in [-0.05, 0) is 22.9 Å². The maximum absolute atomic E-state index is 12.6. The molecule has 1 saturated heterocycles. The predicted molar refractivity (Wildman–Crippen MR) is 116 cm³/mol. The summed E-state index contributed by atoms with van der Waals surface area (Å²) in [5.41, 5.74) is 1.27. The summed E-state index contributed by atoms with van der Waals surface area (Å²) in [4.78, 5) is 25.6. The van der Waals surface area contributed by atoms with Crippen molar-refractivity contribution in [2.75, 3.05) is 60.8 Å². The van der Waals surface area contributed by atoms with Gasteiger partial charge in [0.1, 0.15) is 5.69 Å². The summed E-state index contributed by atoms with van der Waals surface area (Å²) < 4.78 is 5.39. The fraction of sp³-hybridized carbons (Fsp3) is 0.286. The number of fused-ring (bicyclic) bond motifs is 1. The molecule has 0 unspecified atom stereocenters. The number of hydrogen-bond donors (Lipinski definition) is 2. The first-order valence-corrected chi connectivity index (χ1v) is 9.54. The fourth-order valence-corrected chi connectivity index (χ4v) is 3.26. The van der Waals surface area contributed by atoms with Crippen molar-refractivity contribution in [2.45, 2.75) is 0 Å². The van der Waals surface area contributed by atoms with Gasteiger partial charge in [-0.1, -0.05) is 30.3 Å². The van der Waals surface area contributed by atoms with E-state index in [-0.39, 0.29) is 6.03 Å². The van der Waals surface area contributed by atoms with E-state index in [4.69, 9.17) is 4.74 Å². The molecule has 4 rings (SSSR count). The lowest BCUT2D eigenvalue weighted by Crippen LogP contribution is -2.37. The quantitative estimate of drug-likeness (QED) is 0.710. The van der Waals surface area contributed by atoms with Crippen LogP contribution in [0.2, 0.25) is 0 Å². The van der Waals surface area contributed by atoms with E-state index in [1.807, 2.05) is 61.5 Å². The Morgan fingerprint density at radius 2 is 1.83 bits per heavy atom. The van der Waals surface area contributed by atoms with Gasteiger partial charge in [0.25, 0.3) is 0 Å². The van der Waals surface area contributed by atoms with Gasteiger partial charge in [0.2, 0.25) is 5.95 Å². The third-order valence-electron chi connectivity index (χ3n) is 4.73. The van der Waals surface area contributed by atoms with Gasteiger partial charge in [-0.25, -0.2) is 9.78 Å². The number of carbonyl (C=O) groups is 1. The van der Waals surface area contributed by atoms with E-state index in [0.717, 1.165) is 29.5 Å². The molecule has 2 N–H and O–H groups in total. The van der Waals surface area contributed by atoms with Crippen molar-refractivity contribution in [1.82, 2.24) is 9.97 Å². The average molecular weight is 392 g/mol. The topological polar surface area (TPSA) is 82.6 Å². The van der Waals surface area contributed by atoms with E-state index in [1.54, 1.807) is 6.20 Å². The van der Waals surface area contributed by atoms with Gasteiger partial charge in [-0.15, -0.1) is 0 Å². The van der Waals surface area contributed by atoms with Crippen molar-refractivity contribution in [1.29, 1.82) is 0 Å². The second kappa shape index (κ2) is 8.32. The second-order valence-electron chi connectivity index (χ2n) is 7.04. The Hall–Kier alpha value is -3.39. The molecule has 1 aliphatic heterocycles. The number of ether oxygens (including phenoxy) is 1. The van der Waals surface area contributed by atoms with Crippen molar-refractivity contribution < 1.29 is 9.53 Å². The first kappa shape index (κ1) is 18.9. The molecule has 1 fully saturated rings. The van der Waals surface area contributed by atoms with Gasteiger partial charge in [0, 0.05) is 32.9 Å². The standard InChI is InChI=1S/C21H24N6O2/c1-26(2)19-18(14-22-20(25-19)27-9-11-29-12-10-27)24-21(28)23-17-8-7-15-5-3-4-6-16(15)13-17/h3-8,13-14H,9-12H2,1-2H3,(H2,23,24,28). The zero-order chi connectivity index (χ0) is 20.2. The van der Waals surface area contributed by atoms with E-state index < -0.39 is 0 Å². The highest BCUT2D eigenvalue weighted by molar-refractivity contribution is 6.02. The van der Waals surface area contributed by atoms with Crippen LogP contribution in [-0.2, 0) is 4.74 Å². The molecule has 0 radical (unpaired) electrons. The number of aromatic nitrogens is 2. The second-order valence-corrected chi connectivity index (χ2v) is 7.04. The highest BCUT2D eigenvalue weighted by Crippen LogP contribution is 2.25. The Kier molecular flexibility index (Phi) is 5.44. The number of urea groups is 1. The number of rotatable bonds is 4. The lowest BCUT2D eigenvalue weighted by Gasteiger charge is -2.28. The van der Waals surface area contributed by atoms with Gasteiger partial charge in [-0.2, -0.15) is 4.98 Å². The molecule has 0 bridgehead atoms. The molecular formula is C21H24N6O2. The Bertz CT molecular complexity index is 1020. The third-order valence-corrected chi connectivity index (χ3v) is 4.73. The van der Waals surface area contributed by atoms with E-state index in [9.17, 15) is 4.79 Å². The maximum atomic E-state index is 12.6. The minimum Gasteiger partial charge on any atom is -0.378 e. The Labute approximate surface area is 169 Å². The highest BCUT2D eigenvalue weighted by atomic mass is 16.5. The molecular weight excluding hydrogens is 368 g/mol. The van der Waals surface area contributed by atoms with Crippen molar-refractivity contribution in [3.8, 4) is 0 Å². The summed E-state index contributed by atoms with van der Waals surface area (Å²) in [6.45, 7) is 2.83. The van der Waals surface area contributed by atoms with Crippen LogP contribution in [0.5, 0.6) is 0 Å². The van der Waals surface area contributed by atoms with Crippen LogP contribution in [0.3, 0.4) is 0 Å². The summed E-state index contributed by atoms with van der Waals surface area (Å²) in [5.74, 6) is 1.28. The van der Waals surface area contributed by atoms with Crippen LogP contribution in [0, 0.1) is 0 Å². The fourth-order valence-electron chi connectivity index (χ4n) is 3.26. The zero-order valence-electron chi connectivity index (χ0n) is 16.6. The van der Waals surface area contributed by atoms with Crippen LogP contribution in [-0.4, -0.2) is 56.4 Å². The Morgan fingerprint density at radius 1 is 1.07 bits per heavy atom. The Balaban J connectivity index is 1.50. The number of anilines is 4. The molecule has 0 spiro atoms. The molecule has 2 amide bonds. The molecule has 2 heterocycles. The van der Waals surface area contributed by atoms with E-state index in [2.05, 4.69) is 25.5 Å². The van der Waals surface area contributed by atoms with E-state index in [1.165, 1.54) is 0 Å². The van der Waals surface area contributed by atoms with Crippen LogP contribution < -0.4 is 20.4 Å². The zero-order valence-corrected chi connectivity index (χ0v) is 16.6. The minimum atomic E-state index is -0.342. The number of carbonyl (C=O) groups excluding carboxylic acids is 1. The molecule has 8 nitrogen and oxygen atoms in total. The van der Waals surface area contributed by atoms with Gasteiger partial charge >= 0.3 is 6.03 Å². The number of nitrogens with one attached hydrogen (secondary N) is 2. The summed E-state index contributed by atoms with van der Waals surface area (Å²) in [7, 11) is 3.77. The largest absolute Gasteiger partial charge is 0.378 e. The Morgan fingerprint density at radius 3 is 2.59 bits per heavy atom. The monoisotopic (exact) mass is 392 g/mol. The number of nitrogens with zero attached hydrogens (tertiary/aromatic N) is 4. The van der Waals surface area contributed by atoms with Crippen LogP contribution in [0.25, 0.3) is 10.8 Å². The maximum Gasteiger partial charge on any atom is 0.323 e. The lowest BCUT2D eigenvalue weighted by atomic mass is 10.1. The molecule has 3 aromatic rings. The average Bonchev–Trinajstić information content (AvgIpc) is 2.74. The van der Waals surface area contributed by atoms with Gasteiger partial charge in [-0.3, -0.25) is 0 Å². The van der Waals surface area contributed by atoms with Gasteiger partial charge in [0.05, 0.1) is 19.4 Å². The molecule has 2 aromatic carbocycles. The van der Waals surface area contributed by atoms with Crippen molar-refractivity contribution >= 4 is 39.9 Å². The van der Waals surface area contributed by atoms with Crippen molar-refractivity contribution in [3.05, 3.63) is 48.7 Å². The molecule has 8 heteroatoms. The van der Waals surface area contributed by atoms with Crippen LogP contribution in [0.1, 0.15) is 0 Å². The summed E-state index contributed by atoms with van der Waals surface area (Å²) in [5, 5.41) is 7.93. The van der Waals surface area contributed by atoms with Crippen LogP contribution >= 0.6 is 0 Å². The number of hydrogen-bond acceptors (Lipinski definition) is 6. The molecule has 29 heavy (non-hydrogen) atoms. The van der Waals surface area contributed by atoms with E-state index in [0.29, 0.717) is 30.7 Å². The van der Waals surface area contributed by atoms with Gasteiger partial charge in [0.15, 0.2) is 5.82 Å². The summed E-state index contributed by atoms with van der Waals surface area (Å²) in [6, 6.07) is 13.5. The lowest BCUT2D eigenvalue weighted by molar-refractivity contribution is 0.122. The third kappa shape index (κ3) is 4.38. The first-order chi connectivity index (χ1) is 14.1. The smallest absolute Gasteiger partial charge is 0.323 e. The van der Waals surface area contributed by atoms with Crippen LogP contribution in [0.15, 0.2) is 48.7 Å². The number of benzene rings is 2.